The number of furan rings is 1. The number of aliphatic imine (C=N–C) groups is 1. The van der Waals surface area contributed by atoms with Crippen LogP contribution in [0.25, 0.3) is 0 Å². The van der Waals surface area contributed by atoms with Gasteiger partial charge < -0.3 is 19.8 Å². The van der Waals surface area contributed by atoms with E-state index in [4.69, 9.17) is 9.15 Å². The molecule has 2 N–H and O–H groups in total. The molecule has 25 heavy (non-hydrogen) atoms. The molecule has 0 saturated heterocycles. The molecule has 0 radical (unpaired) electrons. The van der Waals surface area contributed by atoms with Gasteiger partial charge in [0.15, 0.2) is 17.5 Å². The molecular weight excluding hydrogens is 321 g/mol. The summed E-state index contributed by atoms with van der Waals surface area (Å²) in [7, 11) is 0. The zero-order valence-electron chi connectivity index (χ0n) is 15.2. The first-order valence-corrected chi connectivity index (χ1v) is 8.55. The van der Waals surface area contributed by atoms with Crippen LogP contribution in [0.4, 0.5) is 4.39 Å². The van der Waals surface area contributed by atoms with Gasteiger partial charge >= 0.3 is 0 Å². The maximum atomic E-state index is 13.9. The van der Waals surface area contributed by atoms with Gasteiger partial charge in [-0.05, 0) is 57.5 Å². The Morgan fingerprint density at radius 2 is 2.08 bits per heavy atom. The van der Waals surface area contributed by atoms with Crippen molar-refractivity contribution in [3.63, 3.8) is 0 Å². The van der Waals surface area contributed by atoms with E-state index in [1.54, 1.807) is 6.07 Å². The molecule has 0 amide bonds. The van der Waals surface area contributed by atoms with E-state index >= 15 is 0 Å². The molecule has 0 spiro atoms. The zero-order valence-corrected chi connectivity index (χ0v) is 15.2. The van der Waals surface area contributed by atoms with Crippen LogP contribution < -0.4 is 15.4 Å². The van der Waals surface area contributed by atoms with E-state index in [0.29, 0.717) is 19.1 Å². The summed E-state index contributed by atoms with van der Waals surface area (Å²) in [6.45, 7) is 9.27. The topological polar surface area (TPSA) is 58.8 Å². The smallest absolute Gasteiger partial charge is 0.192 e. The summed E-state index contributed by atoms with van der Waals surface area (Å²) >= 11 is 0. The summed E-state index contributed by atoms with van der Waals surface area (Å²) in [6, 6.07) is 8.76. The third-order valence-electron chi connectivity index (χ3n) is 3.60. The van der Waals surface area contributed by atoms with Gasteiger partial charge in [-0.2, -0.15) is 0 Å². The number of nitrogens with one attached hydrogen (secondary N) is 2. The number of halogens is 1. The van der Waals surface area contributed by atoms with Gasteiger partial charge in [0.2, 0.25) is 0 Å². The molecule has 0 saturated carbocycles. The molecule has 0 aliphatic heterocycles. The van der Waals surface area contributed by atoms with E-state index < -0.39 is 0 Å². The van der Waals surface area contributed by atoms with E-state index in [9.17, 15) is 4.39 Å². The van der Waals surface area contributed by atoms with E-state index in [1.807, 2.05) is 45.9 Å². The first-order valence-electron chi connectivity index (χ1n) is 8.55. The summed E-state index contributed by atoms with van der Waals surface area (Å²) in [4.78, 5) is 4.52. The molecule has 0 aliphatic rings. The van der Waals surface area contributed by atoms with Crippen molar-refractivity contribution in [2.75, 3.05) is 13.2 Å². The first-order chi connectivity index (χ1) is 12.0. The molecule has 2 aromatic rings. The summed E-state index contributed by atoms with van der Waals surface area (Å²) in [5.74, 6) is 2.26. The van der Waals surface area contributed by atoms with E-state index in [0.717, 1.165) is 23.6 Å². The van der Waals surface area contributed by atoms with Crippen molar-refractivity contribution in [1.29, 1.82) is 0 Å². The standard InChI is InChI=1S/C19H26FN3O2/c1-5-21-19(23-14(4)17-9-7-13(3)25-17)22-12-15-8-10-18(24-6-2)16(20)11-15/h7-11,14H,5-6,12H2,1-4H3,(H2,21,22,23). The fraction of sp³-hybridized carbons (Fsp3) is 0.421. The van der Waals surface area contributed by atoms with Gasteiger partial charge in [-0.25, -0.2) is 9.38 Å². The summed E-state index contributed by atoms with van der Waals surface area (Å²) in [6.07, 6.45) is 0. The average Bonchev–Trinajstić information content (AvgIpc) is 3.02. The Balaban J connectivity index is 2.05. The lowest BCUT2D eigenvalue weighted by Crippen LogP contribution is -2.38. The molecule has 6 heteroatoms. The van der Waals surface area contributed by atoms with Gasteiger partial charge in [-0.3, -0.25) is 0 Å². The van der Waals surface area contributed by atoms with Crippen LogP contribution in [-0.4, -0.2) is 19.1 Å². The average molecular weight is 347 g/mol. The second-order valence-corrected chi connectivity index (χ2v) is 5.71. The van der Waals surface area contributed by atoms with Crippen LogP contribution in [0.5, 0.6) is 5.75 Å². The van der Waals surface area contributed by atoms with Gasteiger partial charge in [0.05, 0.1) is 19.2 Å². The fourth-order valence-electron chi connectivity index (χ4n) is 2.37. The minimum Gasteiger partial charge on any atom is -0.491 e. The predicted molar refractivity (Wildman–Crippen MR) is 97.4 cm³/mol. The van der Waals surface area contributed by atoms with Gasteiger partial charge in [0.1, 0.15) is 11.5 Å². The zero-order chi connectivity index (χ0) is 18.2. The van der Waals surface area contributed by atoms with Crippen molar-refractivity contribution in [2.45, 2.75) is 40.3 Å². The molecule has 0 fully saturated rings. The quantitative estimate of drug-likeness (QED) is 0.588. The van der Waals surface area contributed by atoms with Crippen molar-refractivity contribution in [3.05, 3.63) is 53.2 Å². The number of hydrogen-bond acceptors (Lipinski definition) is 3. The lowest BCUT2D eigenvalue weighted by molar-refractivity contribution is 0.321. The summed E-state index contributed by atoms with van der Waals surface area (Å²) < 4.78 is 24.8. The van der Waals surface area contributed by atoms with E-state index in [2.05, 4.69) is 15.6 Å². The van der Waals surface area contributed by atoms with E-state index in [1.165, 1.54) is 6.07 Å². The number of ether oxygens (including phenoxy) is 1. The third-order valence-corrected chi connectivity index (χ3v) is 3.60. The number of hydrogen-bond donors (Lipinski definition) is 2. The van der Waals surface area contributed by atoms with Gasteiger partial charge in [-0.1, -0.05) is 6.07 Å². The Bertz CT molecular complexity index is 712. The van der Waals surface area contributed by atoms with Crippen molar-refractivity contribution < 1.29 is 13.5 Å². The number of guanidine groups is 1. The van der Waals surface area contributed by atoms with Crippen molar-refractivity contribution in [2.24, 2.45) is 4.99 Å². The molecule has 1 aromatic heterocycles. The third kappa shape index (κ3) is 5.52. The van der Waals surface area contributed by atoms with Crippen molar-refractivity contribution in [1.82, 2.24) is 10.6 Å². The first kappa shape index (κ1) is 18.8. The number of rotatable bonds is 7. The van der Waals surface area contributed by atoms with Crippen molar-refractivity contribution in [3.8, 4) is 5.75 Å². The van der Waals surface area contributed by atoms with Crippen LogP contribution in [0.2, 0.25) is 0 Å². The highest BCUT2D eigenvalue weighted by molar-refractivity contribution is 5.80. The Morgan fingerprint density at radius 1 is 1.28 bits per heavy atom. The fourth-order valence-corrected chi connectivity index (χ4v) is 2.37. The molecule has 1 atom stereocenters. The van der Waals surface area contributed by atoms with Crippen LogP contribution in [0.15, 0.2) is 39.7 Å². The van der Waals surface area contributed by atoms with Gasteiger partial charge in [0.25, 0.3) is 0 Å². The van der Waals surface area contributed by atoms with Crippen molar-refractivity contribution >= 4 is 5.96 Å². The largest absolute Gasteiger partial charge is 0.491 e. The van der Waals surface area contributed by atoms with E-state index in [-0.39, 0.29) is 17.6 Å². The number of nitrogens with zero attached hydrogens (tertiary/aromatic N) is 1. The number of aryl methyl sites for hydroxylation is 1. The lowest BCUT2D eigenvalue weighted by atomic mass is 10.2. The predicted octanol–water partition coefficient (Wildman–Crippen LogP) is 3.94. The Hall–Kier alpha value is -2.50. The normalized spacial score (nSPS) is 12.8. The maximum absolute atomic E-state index is 13.9. The van der Waals surface area contributed by atoms with Crippen LogP contribution in [0.3, 0.4) is 0 Å². The monoisotopic (exact) mass is 347 g/mol. The second-order valence-electron chi connectivity index (χ2n) is 5.71. The molecule has 1 unspecified atom stereocenters. The molecule has 1 heterocycles. The molecule has 1 aromatic carbocycles. The number of benzene rings is 1. The molecule has 0 aliphatic carbocycles. The minimum atomic E-state index is -0.369. The Labute approximate surface area is 148 Å². The second kappa shape index (κ2) is 9.11. The molecule has 136 valence electrons. The minimum absolute atomic E-state index is 0.0245. The Morgan fingerprint density at radius 3 is 2.68 bits per heavy atom. The van der Waals surface area contributed by atoms with Gasteiger partial charge in [0, 0.05) is 6.54 Å². The summed E-state index contributed by atoms with van der Waals surface area (Å²) in [5, 5.41) is 6.48. The van der Waals surface area contributed by atoms with Crippen LogP contribution in [0, 0.1) is 12.7 Å². The summed E-state index contributed by atoms with van der Waals surface area (Å²) in [5.41, 5.74) is 0.777. The van der Waals surface area contributed by atoms with Crippen LogP contribution >= 0.6 is 0 Å². The highest BCUT2D eigenvalue weighted by Crippen LogP contribution is 2.19. The van der Waals surface area contributed by atoms with Gasteiger partial charge in [-0.15, -0.1) is 0 Å². The Kier molecular flexibility index (Phi) is 6.86. The molecule has 0 bridgehead atoms. The maximum Gasteiger partial charge on any atom is 0.192 e. The molecule has 2 rings (SSSR count). The SMILES string of the molecule is CCNC(=NCc1ccc(OCC)c(F)c1)NC(C)c1ccc(C)o1. The van der Waals surface area contributed by atoms with Crippen LogP contribution in [0.1, 0.15) is 43.9 Å². The highest BCUT2D eigenvalue weighted by atomic mass is 19.1. The lowest BCUT2D eigenvalue weighted by Gasteiger charge is -2.16. The highest BCUT2D eigenvalue weighted by Gasteiger charge is 2.11. The molecule has 5 nitrogen and oxygen atoms in total. The van der Waals surface area contributed by atoms with Crippen LogP contribution in [-0.2, 0) is 6.54 Å². The molecular formula is C19H26FN3O2.